The fraction of sp³-hybridized carbons (Fsp3) is 0.613. The minimum Gasteiger partial charge on any atom is -0.464 e. The van der Waals surface area contributed by atoms with Crippen LogP contribution >= 0.6 is 15.9 Å². The molecular weight excluding hydrogens is 670 g/mol. The maximum Gasteiger partial charge on any atom is 0.408 e. The number of benzene rings is 1. The number of allylic oxidation sites excluding steroid dienone is 1. The Bertz CT molecular complexity index is 1360. The zero-order valence-corrected chi connectivity index (χ0v) is 28.9. The molecule has 1 aromatic carbocycles. The van der Waals surface area contributed by atoms with Crippen molar-refractivity contribution in [1.82, 2.24) is 15.5 Å². The van der Waals surface area contributed by atoms with E-state index in [0.717, 1.165) is 19.3 Å². The number of nitrogens with one attached hydrogen (secondary N) is 2. The first-order valence-electron chi connectivity index (χ1n) is 15.2. The highest BCUT2D eigenvalue weighted by Gasteiger charge is 2.47. The van der Waals surface area contributed by atoms with Crippen LogP contribution in [0.4, 0.5) is 4.79 Å². The molecule has 3 rings (SSSR count). The van der Waals surface area contributed by atoms with Crippen LogP contribution in [0.15, 0.2) is 45.8 Å². The molecule has 0 unspecified atom stereocenters. The van der Waals surface area contributed by atoms with E-state index in [9.17, 15) is 27.6 Å². The summed E-state index contributed by atoms with van der Waals surface area (Å²) in [6.07, 6.45) is 5.04. The second-order valence-corrected chi connectivity index (χ2v) is 14.9. The van der Waals surface area contributed by atoms with Gasteiger partial charge < -0.3 is 25.0 Å². The molecule has 0 bridgehead atoms. The van der Waals surface area contributed by atoms with Crippen molar-refractivity contribution in [3.8, 4) is 0 Å². The molecule has 0 aromatic heterocycles. The van der Waals surface area contributed by atoms with Gasteiger partial charge in [-0.3, -0.25) is 13.8 Å². The quantitative estimate of drug-likeness (QED) is 0.248. The zero-order valence-electron chi connectivity index (χ0n) is 26.5. The van der Waals surface area contributed by atoms with Gasteiger partial charge in [0.2, 0.25) is 11.8 Å². The summed E-state index contributed by atoms with van der Waals surface area (Å²) >= 11 is 3.27. The van der Waals surface area contributed by atoms with E-state index in [4.69, 9.17) is 13.7 Å². The smallest absolute Gasteiger partial charge is 0.408 e. The second kappa shape index (κ2) is 15.5. The molecule has 0 radical (unpaired) electrons. The maximum absolute atomic E-state index is 14.1. The number of nitrogens with zero attached hydrogens (tertiary/aromatic N) is 1. The lowest BCUT2D eigenvalue weighted by atomic mass is 9.96. The van der Waals surface area contributed by atoms with Crippen molar-refractivity contribution in [3.05, 3.63) is 40.9 Å². The van der Waals surface area contributed by atoms with Crippen molar-refractivity contribution < 1.29 is 41.3 Å². The van der Waals surface area contributed by atoms with E-state index in [1.54, 1.807) is 46.8 Å². The Balaban J connectivity index is 1.97. The molecule has 2 aliphatic heterocycles. The van der Waals surface area contributed by atoms with Gasteiger partial charge in [0.25, 0.3) is 10.1 Å². The fourth-order valence-corrected chi connectivity index (χ4v) is 6.50. The predicted molar refractivity (Wildman–Crippen MR) is 169 cm³/mol. The van der Waals surface area contributed by atoms with E-state index in [2.05, 4.69) is 26.6 Å². The van der Waals surface area contributed by atoms with E-state index >= 15 is 0 Å². The number of halogens is 1. The molecule has 12 nitrogen and oxygen atoms in total. The molecular formula is C31H44BrN3O9S. The van der Waals surface area contributed by atoms with Crippen LogP contribution in [0.3, 0.4) is 0 Å². The van der Waals surface area contributed by atoms with Crippen LogP contribution in [-0.2, 0) is 38.2 Å². The number of hydrogen-bond acceptors (Lipinski definition) is 9. The third kappa shape index (κ3) is 10.5. The van der Waals surface area contributed by atoms with Crippen LogP contribution in [0, 0.1) is 0 Å². The molecule has 250 valence electrons. The van der Waals surface area contributed by atoms with Crippen LogP contribution in [0.2, 0.25) is 0 Å². The summed E-state index contributed by atoms with van der Waals surface area (Å²) in [5, 5.41) is 5.42. The average molecular weight is 715 g/mol. The van der Waals surface area contributed by atoms with E-state index in [-0.39, 0.29) is 37.3 Å². The van der Waals surface area contributed by atoms with Gasteiger partial charge in [-0.15, -0.1) is 0 Å². The fourth-order valence-electron chi connectivity index (χ4n) is 5.16. The Morgan fingerprint density at radius 2 is 1.80 bits per heavy atom. The van der Waals surface area contributed by atoms with E-state index in [0.29, 0.717) is 10.9 Å². The third-order valence-electron chi connectivity index (χ3n) is 7.38. The van der Waals surface area contributed by atoms with Gasteiger partial charge >= 0.3 is 12.1 Å². The molecule has 3 amide bonds. The summed E-state index contributed by atoms with van der Waals surface area (Å²) in [5.41, 5.74) is -2.26. The number of amides is 3. The second-order valence-electron chi connectivity index (χ2n) is 12.4. The number of rotatable bonds is 6. The lowest BCUT2D eigenvalue weighted by Crippen LogP contribution is -2.59. The summed E-state index contributed by atoms with van der Waals surface area (Å²) in [5.74, 6) is -1.90. The van der Waals surface area contributed by atoms with Crippen molar-refractivity contribution in [2.75, 3.05) is 13.2 Å². The summed E-state index contributed by atoms with van der Waals surface area (Å²) in [4.78, 5) is 54.9. The highest BCUT2D eigenvalue weighted by Crippen LogP contribution is 2.28. The molecule has 2 heterocycles. The molecule has 45 heavy (non-hydrogen) atoms. The number of fused-ring (bicyclic) bond motifs is 1. The van der Waals surface area contributed by atoms with Gasteiger partial charge in [-0.1, -0.05) is 40.9 Å². The number of alkyl carbamates (subject to hydrolysis) is 1. The lowest BCUT2D eigenvalue weighted by molar-refractivity contribution is -0.153. The largest absolute Gasteiger partial charge is 0.464 e. The van der Waals surface area contributed by atoms with Gasteiger partial charge in [-0.2, -0.15) is 8.42 Å². The lowest BCUT2D eigenvalue weighted by Gasteiger charge is -2.32. The number of esters is 1. The normalized spacial score (nSPS) is 26.1. The molecule has 2 aliphatic rings. The molecule has 1 fully saturated rings. The molecule has 4 atom stereocenters. The molecule has 2 N–H and O–H groups in total. The van der Waals surface area contributed by atoms with Gasteiger partial charge in [0, 0.05) is 17.4 Å². The van der Waals surface area contributed by atoms with Gasteiger partial charge in [0.15, 0.2) is 0 Å². The van der Waals surface area contributed by atoms with Crippen molar-refractivity contribution >= 4 is 49.9 Å². The van der Waals surface area contributed by atoms with Crippen LogP contribution in [0.1, 0.15) is 79.6 Å². The Labute approximate surface area is 273 Å². The molecule has 14 heteroatoms. The Hall–Kier alpha value is -2.97. The maximum atomic E-state index is 14.1. The van der Waals surface area contributed by atoms with Gasteiger partial charge in [-0.25, -0.2) is 9.59 Å². The van der Waals surface area contributed by atoms with Gasteiger partial charge in [0.05, 0.1) is 17.6 Å². The number of hydrogen-bond donors (Lipinski definition) is 2. The molecule has 1 aromatic rings. The standard InChI is InChI=1S/C31H44BrN3O9S/c1-6-42-28(38)31(5)18-12-10-8-7-9-11-13-24(33-29(39)43-30(2,3)4)27(37)35-20-22(19-25(35)26(36)34-31)44-45(40,41)23-16-14-21(32)15-17-23/h10,12,14-17,22,24-25H,6-9,11,13,18-20H2,1-5H3,(H,33,39)(H,34,36)/b12-10-/t22-,24-,25-,31+/m0/s1. The van der Waals surface area contributed by atoms with E-state index in [1.165, 1.54) is 17.0 Å². The van der Waals surface area contributed by atoms with Gasteiger partial charge in [-0.05, 0) is 84.6 Å². The van der Waals surface area contributed by atoms with Crippen molar-refractivity contribution in [1.29, 1.82) is 0 Å². The van der Waals surface area contributed by atoms with Crippen LogP contribution in [-0.4, -0.2) is 79.7 Å². The third-order valence-corrected chi connectivity index (χ3v) is 9.29. The Morgan fingerprint density at radius 3 is 2.44 bits per heavy atom. The zero-order chi connectivity index (χ0) is 33.4. The summed E-state index contributed by atoms with van der Waals surface area (Å²) in [6, 6.07) is 3.63. The number of ether oxygens (including phenoxy) is 2. The highest BCUT2D eigenvalue weighted by atomic mass is 79.9. The van der Waals surface area contributed by atoms with Gasteiger partial charge in [0.1, 0.15) is 23.2 Å². The highest BCUT2D eigenvalue weighted by molar-refractivity contribution is 9.10. The van der Waals surface area contributed by atoms with E-state index in [1.807, 2.05) is 12.2 Å². The van der Waals surface area contributed by atoms with Crippen molar-refractivity contribution in [2.24, 2.45) is 0 Å². The van der Waals surface area contributed by atoms with Crippen LogP contribution in [0.5, 0.6) is 0 Å². The number of carbonyl (C=O) groups excluding carboxylic acids is 4. The summed E-state index contributed by atoms with van der Waals surface area (Å²) in [6.45, 7) is 8.17. The van der Waals surface area contributed by atoms with Crippen molar-refractivity contribution in [2.45, 2.75) is 114 Å². The first-order valence-corrected chi connectivity index (χ1v) is 17.4. The van der Waals surface area contributed by atoms with Crippen LogP contribution < -0.4 is 10.6 Å². The Kier molecular flexibility index (Phi) is 12.6. The minimum atomic E-state index is -4.26. The monoisotopic (exact) mass is 713 g/mol. The SMILES string of the molecule is CCOC(=O)[C@@]1(C)C/C=C\CCCCC[C@H](NC(=O)OC(C)(C)C)C(=O)N2C[C@@H](OS(=O)(=O)c3ccc(Br)cc3)C[C@H]2C(=O)N1. The van der Waals surface area contributed by atoms with E-state index < -0.39 is 63.3 Å². The first kappa shape index (κ1) is 36.5. The van der Waals surface area contributed by atoms with Crippen molar-refractivity contribution in [3.63, 3.8) is 0 Å². The predicted octanol–water partition coefficient (Wildman–Crippen LogP) is 4.37. The molecule has 0 aliphatic carbocycles. The summed E-state index contributed by atoms with van der Waals surface area (Å²) < 4.78 is 43.2. The minimum absolute atomic E-state index is 0.0860. The topological polar surface area (TPSA) is 157 Å². The molecule has 0 spiro atoms. The molecule has 0 saturated carbocycles. The average Bonchev–Trinajstić information content (AvgIpc) is 3.35. The number of carbonyl (C=O) groups is 4. The van der Waals surface area contributed by atoms with Crippen LogP contribution in [0.25, 0.3) is 0 Å². The Morgan fingerprint density at radius 1 is 1.11 bits per heavy atom. The molecule has 1 saturated heterocycles. The first-order chi connectivity index (χ1) is 21.0. The summed E-state index contributed by atoms with van der Waals surface area (Å²) in [7, 11) is -4.26.